The number of amides is 1. The summed E-state index contributed by atoms with van der Waals surface area (Å²) in [5, 5.41) is 6.78. The zero-order valence-electron chi connectivity index (χ0n) is 15.5. The van der Waals surface area contributed by atoms with Gasteiger partial charge in [-0.25, -0.2) is 4.39 Å². The monoisotopic (exact) mass is 375 g/mol. The predicted molar refractivity (Wildman–Crippen MR) is 99.5 cm³/mol. The molecular weight excluding hydrogens is 349 g/mol. The molecule has 0 spiro atoms. The Kier molecular flexibility index (Phi) is 7.36. The molecule has 7 heteroatoms. The fourth-order valence-electron chi connectivity index (χ4n) is 3.14. The van der Waals surface area contributed by atoms with Gasteiger partial charge in [0, 0.05) is 18.2 Å². The predicted octanol–water partition coefficient (Wildman–Crippen LogP) is 2.99. The van der Waals surface area contributed by atoms with Gasteiger partial charge in [0.1, 0.15) is 18.1 Å². The van der Waals surface area contributed by atoms with Gasteiger partial charge < -0.3 is 19.5 Å². The highest BCUT2D eigenvalue weighted by molar-refractivity contribution is 5.77. The van der Waals surface area contributed by atoms with Gasteiger partial charge in [0.15, 0.2) is 5.76 Å². The van der Waals surface area contributed by atoms with Crippen LogP contribution in [0.3, 0.4) is 0 Å². The van der Waals surface area contributed by atoms with E-state index in [9.17, 15) is 9.18 Å². The second-order valence-corrected chi connectivity index (χ2v) is 6.79. The van der Waals surface area contributed by atoms with Crippen LogP contribution in [0.5, 0.6) is 0 Å². The molecule has 3 rings (SSSR count). The van der Waals surface area contributed by atoms with E-state index in [1.54, 1.807) is 18.2 Å². The molecule has 0 radical (unpaired) electrons. The van der Waals surface area contributed by atoms with Crippen molar-refractivity contribution in [3.8, 4) is 11.3 Å². The maximum atomic E-state index is 12.9. The molecule has 0 atom stereocenters. The lowest BCUT2D eigenvalue weighted by molar-refractivity contribution is -0.126. The van der Waals surface area contributed by atoms with E-state index in [1.165, 1.54) is 44.5 Å². The number of hydrogen-bond donors (Lipinski definition) is 1. The maximum Gasteiger partial charge on any atom is 0.246 e. The Morgan fingerprint density at radius 2 is 2.00 bits per heavy atom. The van der Waals surface area contributed by atoms with Gasteiger partial charge in [-0.3, -0.25) is 4.79 Å². The standard InChI is InChI=1S/C20H26FN3O3/c21-17-7-5-16(6-8-17)19-13-18(23-27-19)14-26-15-20(25)22-9-4-12-24-10-2-1-3-11-24/h5-8,13H,1-4,9-12,14-15H2,(H,22,25). The van der Waals surface area contributed by atoms with E-state index >= 15 is 0 Å². The molecule has 2 aromatic rings. The van der Waals surface area contributed by atoms with Crippen molar-refractivity contribution in [1.29, 1.82) is 0 Å². The van der Waals surface area contributed by atoms with Gasteiger partial charge in [-0.1, -0.05) is 11.6 Å². The molecule has 146 valence electrons. The fraction of sp³-hybridized carbons (Fsp3) is 0.500. The zero-order valence-corrected chi connectivity index (χ0v) is 15.5. The first-order valence-electron chi connectivity index (χ1n) is 9.49. The van der Waals surface area contributed by atoms with E-state index in [-0.39, 0.29) is 24.9 Å². The first kappa shape index (κ1) is 19.5. The minimum absolute atomic E-state index is 0.0115. The second-order valence-electron chi connectivity index (χ2n) is 6.79. The highest BCUT2D eigenvalue weighted by atomic mass is 19.1. The first-order chi connectivity index (χ1) is 13.2. The topological polar surface area (TPSA) is 67.6 Å². The smallest absolute Gasteiger partial charge is 0.246 e. The average Bonchev–Trinajstić information content (AvgIpc) is 3.15. The molecule has 1 aromatic heterocycles. The van der Waals surface area contributed by atoms with Crippen LogP contribution in [0, 0.1) is 5.82 Å². The highest BCUT2D eigenvalue weighted by Gasteiger charge is 2.10. The summed E-state index contributed by atoms with van der Waals surface area (Å²) in [5.74, 6) is 0.107. The quantitative estimate of drug-likeness (QED) is 0.683. The molecule has 1 aromatic carbocycles. The van der Waals surface area contributed by atoms with Crippen molar-refractivity contribution in [2.24, 2.45) is 0 Å². The minimum atomic E-state index is -0.302. The van der Waals surface area contributed by atoms with E-state index in [1.807, 2.05) is 0 Å². The van der Waals surface area contributed by atoms with Crippen LogP contribution in [0.1, 0.15) is 31.4 Å². The van der Waals surface area contributed by atoms with Crippen LogP contribution in [-0.4, -0.2) is 48.7 Å². The summed E-state index contributed by atoms with van der Waals surface area (Å²) >= 11 is 0. The third-order valence-corrected chi connectivity index (χ3v) is 4.59. The summed E-state index contributed by atoms with van der Waals surface area (Å²) < 4.78 is 23.6. The van der Waals surface area contributed by atoms with E-state index in [4.69, 9.17) is 9.26 Å². The number of halogens is 1. The molecule has 1 saturated heterocycles. The van der Waals surface area contributed by atoms with Gasteiger partial charge in [0.05, 0.1) is 6.61 Å². The van der Waals surface area contributed by atoms with Crippen LogP contribution in [-0.2, 0) is 16.1 Å². The normalized spacial score (nSPS) is 15.0. The Bertz CT molecular complexity index is 712. The van der Waals surface area contributed by atoms with Crippen molar-refractivity contribution in [3.63, 3.8) is 0 Å². The number of ether oxygens (including phenoxy) is 1. The van der Waals surface area contributed by atoms with Gasteiger partial charge in [0.25, 0.3) is 0 Å². The van der Waals surface area contributed by atoms with Crippen LogP contribution in [0.4, 0.5) is 4.39 Å². The summed E-state index contributed by atoms with van der Waals surface area (Å²) in [5.41, 5.74) is 1.33. The van der Waals surface area contributed by atoms with Gasteiger partial charge in [0.2, 0.25) is 5.91 Å². The molecule has 1 aliphatic rings. The summed E-state index contributed by atoms with van der Waals surface area (Å²) in [6.07, 6.45) is 4.85. The van der Waals surface area contributed by atoms with Crippen LogP contribution in [0.2, 0.25) is 0 Å². The van der Waals surface area contributed by atoms with Crippen LogP contribution < -0.4 is 5.32 Å². The number of hydrogen-bond acceptors (Lipinski definition) is 5. The third kappa shape index (κ3) is 6.45. The maximum absolute atomic E-state index is 12.9. The Morgan fingerprint density at radius 3 is 2.78 bits per heavy atom. The molecular formula is C20H26FN3O3. The van der Waals surface area contributed by atoms with E-state index in [2.05, 4.69) is 15.4 Å². The second kappa shape index (κ2) is 10.2. The number of piperidine rings is 1. The summed E-state index contributed by atoms with van der Waals surface area (Å²) in [4.78, 5) is 14.3. The highest BCUT2D eigenvalue weighted by Crippen LogP contribution is 2.20. The Hall–Kier alpha value is -2.25. The van der Waals surface area contributed by atoms with Crippen LogP contribution in [0.25, 0.3) is 11.3 Å². The lowest BCUT2D eigenvalue weighted by Gasteiger charge is -2.26. The minimum Gasteiger partial charge on any atom is -0.365 e. The molecule has 1 aliphatic heterocycles. The Balaban J connectivity index is 1.30. The molecule has 1 amide bonds. The van der Waals surface area contributed by atoms with Gasteiger partial charge in [-0.05, 0) is 63.2 Å². The number of carbonyl (C=O) groups excluding carboxylic acids is 1. The van der Waals surface area contributed by atoms with E-state index < -0.39 is 0 Å². The van der Waals surface area contributed by atoms with Crippen molar-refractivity contribution in [2.45, 2.75) is 32.3 Å². The number of aromatic nitrogens is 1. The van der Waals surface area contributed by atoms with E-state index in [0.717, 1.165) is 18.5 Å². The summed E-state index contributed by atoms with van der Waals surface area (Å²) in [6.45, 7) is 4.22. The van der Waals surface area contributed by atoms with Crippen molar-refractivity contribution in [1.82, 2.24) is 15.4 Å². The number of likely N-dealkylation sites (tertiary alicyclic amines) is 1. The first-order valence-corrected chi connectivity index (χ1v) is 9.49. The molecule has 0 bridgehead atoms. The SMILES string of the molecule is O=C(COCc1cc(-c2ccc(F)cc2)on1)NCCCN1CCCCC1. The molecule has 6 nitrogen and oxygen atoms in total. The van der Waals surface area contributed by atoms with Crippen molar-refractivity contribution >= 4 is 5.91 Å². The van der Waals surface area contributed by atoms with Gasteiger partial charge in [-0.2, -0.15) is 0 Å². The Labute approximate surface area is 158 Å². The number of benzene rings is 1. The summed E-state index contributed by atoms with van der Waals surface area (Å²) in [7, 11) is 0. The molecule has 27 heavy (non-hydrogen) atoms. The number of nitrogens with one attached hydrogen (secondary N) is 1. The lowest BCUT2D eigenvalue weighted by Crippen LogP contribution is -2.34. The summed E-state index contributed by atoms with van der Waals surface area (Å²) in [6, 6.07) is 7.70. The Morgan fingerprint density at radius 1 is 1.22 bits per heavy atom. The van der Waals surface area contributed by atoms with Crippen molar-refractivity contribution in [2.75, 3.05) is 32.8 Å². The number of rotatable bonds is 9. The van der Waals surface area contributed by atoms with Gasteiger partial charge in [-0.15, -0.1) is 0 Å². The molecule has 1 fully saturated rings. The number of carbonyl (C=O) groups is 1. The zero-order chi connectivity index (χ0) is 18.9. The molecule has 0 aliphatic carbocycles. The third-order valence-electron chi connectivity index (χ3n) is 4.59. The number of nitrogens with zero attached hydrogens (tertiary/aromatic N) is 2. The van der Waals surface area contributed by atoms with Crippen LogP contribution >= 0.6 is 0 Å². The average molecular weight is 375 g/mol. The van der Waals surface area contributed by atoms with E-state index in [0.29, 0.717) is 18.0 Å². The lowest BCUT2D eigenvalue weighted by atomic mass is 10.1. The van der Waals surface area contributed by atoms with Gasteiger partial charge >= 0.3 is 0 Å². The largest absolute Gasteiger partial charge is 0.365 e. The van der Waals surface area contributed by atoms with Crippen LogP contribution in [0.15, 0.2) is 34.9 Å². The molecule has 1 N–H and O–H groups in total. The molecule has 0 saturated carbocycles. The van der Waals surface area contributed by atoms with Crippen molar-refractivity contribution < 1.29 is 18.4 Å². The van der Waals surface area contributed by atoms with Crippen molar-refractivity contribution in [3.05, 3.63) is 41.8 Å². The molecule has 2 heterocycles. The molecule has 0 unspecified atom stereocenters. The fourth-order valence-corrected chi connectivity index (χ4v) is 3.14.